The van der Waals surface area contributed by atoms with Crippen LogP contribution in [0.4, 0.5) is 0 Å². The molecule has 5 rings (SSSR count). The van der Waals surface area contributed by atoms with Gasteiger partial charge < -0.3 is 34.0 Å². The van der Waals surface area contributed by atoms with Crippen LogP contribution in [0.1, 0.15) is 73.6 Å². The van der Waals surface area contributed by atoms with Crippen LogP contribution in [0.3, 0.4) is 0 Å². The first-order valence-electron chi connectivity index (χ1n) is 15.5. The zero-order valence-electron chi connectivity index (χ0n) is 25.4. The molecule has 10 heteroatoms. The molecule has 230 valence electrons. The lowest BCUT2D eigenvalue weighted by Crippen LogP contribution is -2.63. The van der Waals surface area contributed by atoms with Gasteiger partial charge in [-0.2, -0.15) is 0 Å². The van der Waals surface area contributed by atoms with Crippen LogP contribution in [0.2, 0.25) is 18.1 Å². The average molecular weight is 593 g/mol. The van der Waals surface area contributed by atoms with Crippen molar-refractivity contribution in [1.29, 1.82) is 0 Å². The summed E-state index contributed by atoms with van der Waals surface area (Å²) in [5.74, 6) is -0.286. The smallest absolute Gasteiger partial charge is 0.331 e. The van der Waals surface area contributed by atoms with E-state index in [4.69, 9.17) is 18.6 Å². The fourth-order valence-corrected chi connectivity index (χ4v) is 12.0. The summed E-state index contributed by atoms with van der Waals surface area (Å²) in [5.41, 5.74) is 1.58. The number of hydrogen-bond acceptors (Lipinski definition) is 9. The molecular weight excluding hydrogens is 544 g/mol. The summed E-state index contributed by atoms with van der Waals surface area (Å²) in [5, 5.41) is 31.0. The van der Waals surface area contributed by atoms with Crippen LogP contribution in [-0.4, -0.2) is 84.4 Å². The number of hydrogen-bond donors (Lipinski definition) is 3. The van der Waals surface area contributed by atoms with Gasteiger partial charge in [0, 0.05) is 29.4 Å². The van der Waals surface area contributed by atoms with E-state index < -0.39 is 56.1 Å². The number of fused-ring (bicyclic) bond motifs is 3. The number of rotatable bonds is 8. The van der Waals surface area contributed by atoms with Crippen molar-refractivity contribution in [2.75, 3.05) is 6.61 Å². The minimum absolute atomic E-state index is 0.0335. The summed E-state index contributed by atoms with van der Waals surface area (Å²) in [4.78, 5) is 26.2. The summed E-state index contributed by atoms with van der Waals surface area (Å²) >= 11 is 0. The second kappa shape index (κ2) is 11.3. The predicted octanol–water partition coefficient (Wildman–Crippen LogP) is 3.56. The molecule has 0 aromatic carbocycles. The number of carbonyl (C=O) groups excluding carboxylic acids is 2. The number of aliphatic hydroxyl groups is 3. The van der Waals surface area contributed by atoms with Crippen molar-refractivity contribution in [2.45, 2.75) is 134 Å². The molecule has 3 aliphatic carbocycles. The number of cyclic esters (lactones) is 1. The molecule has 10 atom stereocenters. The highest BCUT2D eigenvalue weighted by Crippen LogP contribution is 2.67. The van der Waals surface area contributed by atoms with E-state index in [9.17, 15) is 24.9 Å². The Balaban J connectivity index is 1.53. The molecule has 3 fully saturated rings. The standard InChI is InChI=1S/C31H48O9Si/c1-7-41(8-2,9-3)40-31-13-12-20(19-14-24(33)37-16-19)30(31,6)15-22(32)25-17(4)23(11-10-21(25)31)39-29-28(36)27(35)26(34)18(5)38-29/h14,18,20-21,23,26-29,34-36H,7-13,15-16H2,1-6H3/t18-,20+,21+,23+,26-,27+,28+,29-,30+,31-/m0/s1. The molecule has 0 aromatic rings. The molecule has 3 N–H and O–H groups in total. The van der Waals surface area contributed by atoms with Gasteiger partial charge in [0.15, 0.2) is 20.4 Å². The summed E-state index contributed by atoms with van der Waals surface area (Å²) in [6.07, 6.45) is -1.36. The fourth-order valence-electron chi connectivity index (χ4n) is 8.77. The molecular formula is C31H48O9Si. The van der Waals surface area contributed by atoms with Gasteiger partial charge in [-0.1, -0.05) is 27.7 Å². The number of ether oxygens (including phenoxy) is 3. The highest BCUT2D eigenvalue weighted by Gasteiger charge is 2.68. The van der Waals surface area contributed by atoms with Crippen LogP contribution in [0.5, 0.6) is 0 Å². The summed E-state index contributed by atoms with van der Waals surface area (Å²) in [6, 6.07) is 3.00. The van der Waals surface area contributed by atoms with Crippen molar-refractivity contribution in [2.24, 2.45) is 17.3 Å². The topological polar surface area (TPSA) is 132 Å². The van der Waals surface area contributed by atoms with Crippen LogP contribution in [0.25, 0.3) is 0 Å². The quantitative estimate of drug-likeness (QED) is 0.286. The highest BCUT2D eigenvalue weighted by atomic mass is 28.4. The maximum atomic E-state index is 14.1. The van der Waals surface area contributed by atoms with E-state index in [1.54, 1.807) is 13.0 Å². The molecule has 5 aliphatic rings. The summed E-state index contributed by atoms with van der Waals surface area (Å²) < 4.78 is 24.9. The molecule has 0 aromatic heterocycles. The molecule has 0 spiro atoms. The molecule has 0 bridgehead atoms. The Morgan fingerprint density at radius 1 is 1.00 bits per heavy atom. The normalized spacial score (nSPS) is 43.1. The van der Waals surface area contributed by atoms with E-state index in [1.165, 1.54) is 0 Å². The Morgan fingerprint density at radius 3 is 2.29 bits per heavy atom. The molecule has 2 heterocycles. The van der Waals surface area contributed by atoms with Crippen molar-refractivity contribution in [3.8, 4) is 0 Å². The van der Waals surface area contributed by atoms with Crippen LogP contribution in [0.15, 0.2) is 22.8 Å². The number of Topliss-reactive ketones (excluding diaryl/α,β-unsaturated/α-hetero) is 1. The minimum atomic E-state index is -2.12. The van der Waals surface area contributed by atoms with Gasteiger partial charge in [0.1, 0.15) is 24.9 Å². The van der Waals surface area contributed by atoms with Gasteiger partial charge in [-0.3, -0.25) is 4.79 Å². The maximum Gasteiger partial charge on any atom is 0.331 e. The predicted molar refractivity (Wildman–Crippen MR) is 153 cm³/mol. The van der Waals surface area contributed by atoms with Crippen LogP contribution in [0, 0.1) is 17.3 Å². The van der Waals surface area contributed by atoms with Gasteiger partial charge in [-0.25, -0.2) is 4.79 Å². The third-order valence-electron chi connectivity index (χ3n) is 11.5. The number of carbonyl (C=O) groups is 2. The molecule has 2 aliphatic heterocycles. The lowest BCUT2D eigenvalue weighted by molar-refractivity contribution is -0.302. The van der Waals surface area contributed by atoms with Crippen molar-refractivity contribution in [1.82, 2.24) is 0 Å². The zero-order chi connectivity index (χ0) is 29.9. The second-order valence-electron chi connectivity index (χ2n) is 13.2. The van der Waals surface area contributed by atoms with Gasteiger partial charge in [-0.05, 0) is 74.7 Å². The Hall–Kier alpha value is -1.40. The third-order valence-corrected chi connectivity index (χ3v) is 16.1. The molecule has 1 saturated heterocycles. The summed E-state index contributed by atoms with van der Waals surface area (Å²) in [6.45, 7) is 12.8. The van der Waals surface area contributed by atoms with Crippen LogP contribution < -0.4 is 0 Å². The highest BCUT2D eigenvalue weighted by molar-refractivity contribution is 6.73. The molecule has 41 heavy (non-hydrogen) atoms. The molecule has 0 radical (unpaired) electrons. The van der Waals surface area contributed by atoms with Crippen LogP contribution in [-0.2, 0) is 28.2 Å². The first kappa shape index (κ1) is 31.0. The van der Waals surface area contributed by atoms with Gasteiger partial charge in [0.2, 0.25) is 0 Å². The summed E-state index contributed by atoms with van der Waals surface area (Å²) in [7, 11) is -2.12. The Labute approximate surface area is 244 Å². The SMILES string of the molecule is CC[Si](CC)(CC)O[C@]12CC[C@H](C3=CC(=O)OC3)[C@@]1(C)CC(=O)C1=C(C)[C@H](O[C@@H]3O[C@@H](C)[C@H](O)[C@@H](O)[C@H]3O)CC[C@H]12. The second-order valence-corrected chi connectivity index (χ2v) is 17.9. The monoisotopic (exact) mass is 592 g/mol. The van der Waals surface area contributed by atoms with Gasteiger partial charge in [0.05, 0.1) is 17.8 Å². The van der Waals surface area contributed by atoms with Crippen molar-refractivity contribution in [3.63, 3.8) is 0 Å². The van der Waals surface area contributed by atoms with E-state index >= 15 is 0 Å². The lowest BCUT2D eigenvalue weighted by atomic mass is 9.53. The molecule has 9 nitrogen and oxygen atoms in total. The zero-order valence-corrected chi connectivity index (χ0v) is 26.4. The van der Waals surface area contributed by atoms with E-state index in [2.05, 4.69) is 27.7 Å². The molecule has 2 saturated carbocycles. The van der Waals surface area contributed by atoms with E-state index in [-0.39, 0.29) is 30.2 Å². The number of esters is 1. The number of ketones is 1. The first-order chi connectivity index (χ1) is 19.4. The minimum Gasteiger partial charge on any atom is -0.458 e. The van der Waals surface area contributed by atoms with E-state index in [0.29, 0.717) is 19.3 Å². The fraction of sp³-hybridized carbons (Fsp3) is 0.806. The Bertz CT molecular complexity index is 1110. The van der Waals surface area contributed by atoms with Gasteiger partial charge in [0.25, 0.3) is 0 Å². The Kier molecular flexibility index (Phi) is 8.53. The lowest BCUT2D eigenvalue weighted by Gasteiger charge is -2.59. The van der Waals surface area contributed by atoms with Crippen LogP contribution >= 0.6 is 0 Å². The largest absolute Gasteiger partial charge is 0.458 e. The van der Waals surface area contributed by atoms with Crippen molar-refractivity contribution >= 4 is 20.1 Å². The van der Waals surface area contributed by atoms with Crippen molar-refractivity contribution in [3.05, 3.63) is 22.8 Å². The first-order valence-corrected chi connectivity index (χ1v) is 18.1. The van der Waals surface area contributed by atoms with E-state index in [1.807, 2.05) is 6.92 Å². The van der Waals surface area contributed by atoms with E-state index in [0.717, 1.165) is 47.7 Å². The Morgan fingerprint density at radius 2 is 1.68 bits per heavy atom. The van der Waals surface area contributed by atoms with Crippen molar-refractivity contribution < 1.29 is 43.5 Å². The molecule has 0 amide bonds. The van der Waals surface area contributed by atoms with Gasteiger partial charge >= 0.3 is 5.97 Å². The maximum absolute atomic E-state index is 14.1. The third kappa shape index (κ3) is 4.82. The molecule has 0 unspecified atom stereocenters. The van der Waals surface area contributed by atoms with Gasteiger partial charge in [-0.15, -0.1) is 0 Å². The average Bonchev–Trinajstić information content (AvgIpc) is 3.50. The number of aliphatic hydroxyl groups excluding tert-OH is 3.